The molecule has 2 aromatic rings. The molecule has 3 rings (SSSR count). The van der Waals surface area contributed by atoms with Gasteiger partial charge in [-0.3, -0.25) is 4.79 Å². The maximum Gasteiger partial charge on any atom is 0.319 e. The number of methoxy groups -OCH3 is 2. The van der Waals surface area contributed by atoms with Crippen LogP contribution >= 0.6 is 0 Å². The fourth-order valence-electron chi connectivity index (χ4n) is 2.81. The van der Waals surface area contributed by atoms with Gasteiger partial charge in [-0.1, -0.05) is 6.07 Å². The zero-order chi connectivity index (χ0) is 18.5. The maximum absolute atomic E-state index is 12.1. The molecular weight excluding hydrogens is 334 g/mol. The summed E-state index contributed by atoms with van der Waals surface area (Å²) in [6.07, 6.45) is 1.13. The minimum atomic E-state index is -0.306. The fourth-order valence-corrected chi connectivity index (χ4v) is 2.81. The summed E-state index contributed by atoms with van der Waals surface area (Å²) in [7, 11) is 3.15. The first-order valence-corrected chi connectivity index (χ1v) is 8.27. The van der Waals surface area contributed by atoms with Gasteiger partial charge in [0.15, 0.2) is 11.5 Å². The molecule has 136 valence electrons. The molecule has 0 saturated heterocycles. The van der Waals surface area contributed by atoms with Crippen molar-refractivity contribution in [3.63, 3.8) is 0 Å². The fraction of sp³-hybridized carbons (Fsp3) is 0.263. The number of urea groups is 1. The second-order valence-electron chi connectivity index (χ2n) is 5.92. The van der Waals surface area contributed by atoms with Crippen molar-refractivity contribution < 1.29 is 19.1 Å². The lowest BCUT2D eigenvalue weighted by atomic mass is 10.0. The Kier molecular flexibility index (Phi) is 5.26. The highest BCUT2D eigenvalue weighted by molar-refractivity contribution is 5.95. The van der Waals surface area contributed by atoms with Crippen LogP contribution in [0.3, 0.4) is 0 Å². The van der Waals surface area contributed by atoms with Crippen LogP contribution in [-0.4, -0.2) is 26.2 Å². The minimum absolute atomic E-state index is 0.0193. The van der Waals surface area contributed by atoms with Gasteiger partial charge in [0.1, 0.15) is 0 Å². The second-order valence-corrected chi connectivity index (χ2v) is 5.92. The summed E-state index contributed by atoms with van der Waals surface area (Å²) in [5.41, 5.74) is 3.40. The van der Waals surface area contributed by atoms with Crippen LogP contribution in [-0.2, 0) is 17.8 Å². The molecule has 0 spiro atoms. The Labute approximate surface area is 151 Å². The van der Waals surface area contributed by atoms with E-state index in [9.17, 15) is 9.59 Å². The van der Waals surface area contributed by atoms with E-state index < -0.39 is 0 Å². The van der Waals surface area contributed by atoms with E-state index in [0.717, 1.165) is 16.8 Å². The average Bonchev–Trinajstić information content (AvgIpc) is 2.66. The van der Waals surface area contributed by atoms with Crippen LogP contribution in [0.1, 0.15) is 17.5 Å². The van der Waals surface area contributed by atoms with Crippen molar-refractivity contribution in [2.45, 2.75) is 19.4 Å². The standard InChI is InChI=1S/C19H21N3O4/c1-25-16-7-3-12(9-17(16)26-2)11-20-19(24)21-14-5-6-15-13(10-14)4-8-18(23)22-15/h3,5-7,9-10H,4,8,11H2,1-2H3,(H,22,23)(H2,20,21,24). The van der Waals surface area contributed by atoms with Gasteiger partial charge in [-0.25, -0.2) is 4.79 Å². The van der Waals surface area contributed by atoms with Gasteiger partial charge in [-0.15, -0.1) is 0 Å². The zero-order valence-electron chi connectivity index (χ0n) is 14.7. The van der Waals surface area contributed by atoms with E-state index in [1.54, 1.807) is 32.4 Å². The molecule has 0 atom stereocenters. The van der Waals surface area contributed by atoms with Gasteiger partial charge in [0, 0.05) is 24.3 Å². The Balaban J connectivity index is 1.58. The molecule has 1 aliphatic rings. The van der Waals surface area contributed by atoms with Crippen LogP contribution < -0.4 is 25.4 Å². The molecule has 2 aromatic carbocycles. The highest BCUT2D eigenvalue weighted by Gasteiger charge is 2.15. The lowest BCUT2D eigenvalue weighted by molar-refractivity contribution is -0.116. The van der Waals surface area contributed by atoms with E-state index in [1.807, 2.05) is 18.2 Å². The van der Waals surface area contributed by atoms with E-state index in [-0.39, 0.29) is 11.9 Å². The van der Waals surface area contributed by atoms with Crippen molar-refractivity contribution >= 4 is 23.3 Å². The average molecular weight is 355 g/mol. The first-order valence-electron chi connectivity index (χ1n) is 8.27. The van der Waals surface area contributed by atoms with Crippen LogP contribution in [0.5, 0.6) is 11.5 Å². The molecule has 7 nitrogen and oxygen atoms in total. The van der Waals surface area contributed by atoms with Gasteiger partial charge in [-0.2, -0.15) is 0 Å². The molecule has 3 amide bonds. The molecule has 0 radical (unpaired) electrons. The smallest absolute Gasteiger partial charge is 0.319 e. The van der Waals surface area contributed by atoms with Crippen molar-refractivity contribution in [3.8, 4) is 11.5 Å². The number of benzene rings is 2. The molecule has 0 saturated carbocycles. The summed E-state index contributed by atoms with van der Waals surface area (Å²) in [5, 5.41) is 8.43. The number of rotatable bonds is 5. The molecule has 7 heteroatoms. The number of carbonyl (C=O) groups is 2. The summed E-state index contributed by atoms with van der Waals surface area (Å²) in [6, 6.07) is 10.6. The second kappa shape index (κ2) is 7.77. The molecular formula is C19H21N3O4. The van der Waals surface area contributed by atoms with Crippen LogP contribution in [0.2, 0.25) is 0 Å². The number of hydrogen-bond acceptors (Lipinski definition) is 4. The SMILES string of the molecule is COc1ccc(CNC(=O)Nc2ccc3c(c2)CCC(=O)N3)cc1OC. The Morgan fingerprint density at radius 3 is 2.65 bits per heavy atom. The number of aryl methyl sites for hydroxylation is 1. The number of anilines is 2. The Morgan fingerprint density at radius 2 is 1.88 bits per heavy atom. The molecule has 0 fully saturated rings. The van der Waals surface area contributed by atoms with Gasteiger partial charge in [0.05, 0.1) is 14.2 Å². The lowest BCUT2D eigenvalue weighted by Crippen LogP contribution is -2.28. The zero-order valence-corrected chi connectivity index (χ0v) is 14.7. The number of ether oxygens (including phenoxy) is 2. The van der Waals surface area contributed by atoms with Gasteiger partial charge in [0.2, 0.25) is 5.91 Å². The molecule has 0 aliphatic carbocycles. The molecule has 0 unspecified atom stereocenters. The highest BCUT2D eigenvalue weighted by atomic mass is 16.5. The number of hydrogen-bond donors (Lipinski definition) is 3. The van der Waals surface area contributed by atoms with Gasteiger partial charge in [0.25, 0.3) is 0 Å². The summed E-state index contributed by atoms with van der Waals surface area (Å²) < 4.78 is 10.5. The van der Waals surface area contributed by atoms with E-state index >= 15 is 0 Å². The van der Waals surface area contributed by atoms with E-state index in [0.29, 0.717) is 36.6 Å². The molecule has 0 aromatic heterocycles. The van der Waals surface area contributed by atoms with Gasteiger partial charge < -0.3 is 25.4 Å². The van der Waals surface area contributed by atoms with Crippen molar-refractivity contribution in [2.75, 3.05) is 24.9 Å². The Morgan fingerprint density at radius 1 is 1.08 bits per heavy atom. The van der Waals surface area contributed by atoms with Crippen LogP contribution in [0.15, 0.2) is 36.4 Å². The quantitative estimate of drug-likeness (QED) is 0.769. The Bertz CT molecular complexity index is 836. The van der Waals surface area contributed by atoms with Crippen LogP contribution in [0, 0.1) is 0 Å². The van der Waals surface area contributed by atoms with Crippen molar-refractivity contribution in [3.05, 3.63) is 47.5 Å². The number of fused-ring (bicyclic) bond motifs is 1. The number of nitrogens with one attached hydrogen (secondary N) is 3. The summed E-state index contributed by atoms with van der Waals surface area (Å²) in [4.78, 5) is 23.5. The minimum Gasteiger partial charge on any atom is -0.493 e. The van der Waals surface area contributed by atoms with Gasteiger partial charge in [-0.05, 0) is 47.9 Å². The Hall–Kier alpha value is -3.22. The largest absolute Gasteiger partial charge is 0.493 e. The third-order valence-corrected chi connectivity index (χ3v) is 4.16. The van der Waals surface area contributed by atoms with Crippen molar-refractivity contribution in [2.24, 2.45) is 0 Å². The lowest BCUT2D eigenvalue weighted by Gasteiger charge is -2.18. The molecule has 0 bridgehead atoms. The third kappa shape index (κ3) is 4.05. The maximum atomic E-state index is 12.1. The number of carbonyl (C=O) groups excluding carboxylic acids is 2. The van der Waals surface area contributed by atoms with E-state index in [2.05, 4.69) is 16.0 Å². The molecule has 1 heterocycles. The topological polar surface area (TPSA) is 88.7 Å². The number of amides is 3. The first kappa shape index (κ1) is 17.6. The van der Waals surface area contributed by atoms with E-state index in [1.165, 1.54) is 0 Å². The van der Waals surface area contributed by atoms with Gasteiger partial charge >= 0.3 is 6.03 Å². The first-order chi connectivity index (χ1) is 12.6. The molecule has 1 aliphatic heterocycles. The molecule has 3 N–H and O–H groups in total. The van der Waals surface area contributed by atoms with Crippen molar-refractivity contribution in [1.82, 2.24) is 5.32 Å². The summed E-state index contributed by atoms with van der Waals surface area (Å²) >= 11 is 0. The predicted octanol–water partition coefficient (Wildman–Crippen LogP) is 2.91. The molecule has 26 heavy (non-hydrogen) atoms. The summed E-state index contributed by atoms with van der Waals surface area (Å²) in [6.45, 7) is 0.354. The highest BCUT2D eigenvalue weighted by Crippen LogP contribution is 2.28. The monoisotopic (exact) mass is 355 g/mol. The van der Waals surface area contributed by atoms with Crippen LogP contribution in [0.25, 0.3) is 0 Å². The third-order valence-electron chi connectivity index (χ3n) is 4.16. The predicted molar refractivity (Wildman–Crippen MR) is 98.8 cm³/mol. The van der Waals surface area contributed by atoms with E-state index in [4.69, 9.17) is 9.47 Å². The summed E-state index contributed by atoms with van der Waals surface area (Å²) in [5.74, 6) is 1.27. The van der Waals surface area contributed by atoms with Crippen LogP contribution in [0.4, 0.5) is 16.2 Å². The van der Waals surface area contributed by atoms with Crippen molar-refractivity contribution in [1.29, 1.82) is 0 Å². The normalized spacial score (nSPS) is 12.6.